The number of nitrogens with zero attached hydrogens (tertiary/aromatic N) is 2. The van der Waals surface area contributed by atoms with Gasteiger partial charge in [-0.15, -0.1) is 0 Å². The smallest absolute Gasteiger partial charge is 0.223 e. The van der Waals surface area contributed by atoms with Crippen molar-refractivity contribution < 1.29 is 4.74 Å². The molecule has 2 N–H and O–H groups in total. The summed E-state index contributed by atoms with van der Waals surface area (Å²) in [4.78, 5) is 8.86. The van der Waals surface area contributed by atoms with E-state index in [0.717, 1.165) is 32.6 Å². The summed E-state index contributed by atoms with van der Waals surface area (Å²) in [5.41, 5.74) is 1.16. The van der Waals surface area contributed by atoms with Crippen molar-refractivity contribution in [3.05, 3.63) is 18.0 Å². The molecule has 0 unspecified atom stereocenters. The summed E-state index contributed by atoms with van der Waals surface area (Å²) >= 11 is 0. The Bertz CT molecular complexity index is 385. The third-order valence-electron chi connectivity index (χ3n) is 3.43. The van der Waals surface area contributed by atoms with Gasteiger partial charge in [0, 0.05) is 37.7 Å². The van der Waals surface area contributed by atoms with Crippen molar-refractivity contribution in [2.24, 2.45) is 0 Å². The van der Waals surface area contributed by atoms with Gasteiger partial charge in [0.25, 0.3) is 0 Å². The minimum absolute atomic E-state index is 0.0606. The summed E-state index contributed by atoms with van der Waals surface area (Å²) in [6.45, 7) is 6.80. The van der Waals surface area contributed by atoms with E-state index in [2.05, 4.69) is 34.4 Å². The third-order valence-corrected chi connectivity index (χ3v) is 3.43. The van der Waals surface area contributed by atoms with E-state index in [9.17, 15) is 0 Å². The topological polar surface area (TPSA) is 59.1 Å². The summed E-state index contributed by atoms with van der Waals surface area (Å²) in [5, 5.41) is 6.50. The van der Waals surface area contributed by atoms with Crippen LogP contribution in [-0.4, -0.2) is 42.3 Å². The number of aromatic nitrogens is 2. The van der Waals surface area contributed by atoms with Crippen LogP contribution in [0.2, 0.25) is 0 Å². The Morgan fingerprint density at radius 3 is 2.47 bits per heavy atom. The fraction of sp³-hybridized carbons (Fsp3) is 0.714. The second-order valence-electron chi connectivity index (χ2n) is 5.77. The predicted molar refractivity (Wildman–Crippen MR) is 76.5 cm³/mol. The second-order valence-corrected chi connectivity index (χ2v) is 5.77. The Kier molecular flexibility index (Phi) is 4.71. The lowest BCUT2D eigenvalue weighted by Crippen LogP contribution is -2.41. The third kappa shape index (κ3) is 4.14. The van der Waals surface area contributed by atoms with Crippen molar-refractivity contribution >= 4 is 5.95 Å². The van der Waals surface area contributed by atoms with E-state index in [-0.39, 0.29) is 5.54 Å². The Balaban J connectivity index is 1.97. The molecule has 1 fully saturated rings. The lowest BCUT2D eigenvalue weighted by atomic mass is 9.94. The van der Waals surface area contributed by atoms with Crippen molar-refractivity contribution in [1.82, 2.24) is 15.3 Å². The number of nitrogens with one attached hydrogen (secondary N) is 2. The fourth-order valence-electron chi connectivity index (χ4n) is 2.43. The molecule has 0 bridgehead atoms. The molecule has 0 amide bonds. The lowest BCUT2D eigenvalue weighted by Gasteiger charge is -2.26. The first-order valence-electron chi connectivity index (χ1n) is 6.93. The van der Waals surface area contributed by atoms with Crippen LogP contribution >= 0.6 is 0 Å². The van der Waals surface area contributed by atoms with Gasteiger partial charge < -0.3 is 15.4 Å². The van der Waals surface area contributed by atoms with Crippen LogP contribution < -0.4 is 10.6 Å². The first kappa shape index (κ1) is 14.2. The molecular formula is C14H24N4O. The molecule has 1 aliphatic heterocycles. The van der Waals surface area contributed by atoms with Gasteiger partial charge in [-0.05, 0) is 45.2 Å². The van der Waals surface area contributed by atoms with Crippen LogP contribution in [0.15, 0.2) is 12.4 Å². The molecule has 1 aromatic heterocycles. The zero-order chi connectivity index (χ0) is 13.7. The Labute approximate surface area is 115 Å². The van der Waals surface area contributed by atoms with Crippen LogP contribution in [0, 0.1) is 0 Å². The van der Waals surface area contributed by atoms with E-state index in [0.29, 0.717) is 11.9 Å². The number of anilines is 1. The maximum absolute atomic E-state index is 5.38. The molecule has 2 heterocycles. The maximum Gasteiger partial charge on any atom is 0.223 e. The summed E-state index contributed by atoms with van der Waals surface area (Å²) < 4.78 is 5.38. The second kappa shape index (κ2) is 6.30. The van der Waals surface area contributed by atoms with E-state index in [4.69, 9.17) is 4.74 Å². The highest BCUT2D eigenvalue weighted by Gasteiger charge is 2.19. The monoisotopic (exact) mass is 264 g/mol. The van der Waals surface area contributed by atoms with Gasteiger partial charge in [0.1, 0.15) is 0 Å². The molecule has 19 heavy (non-hydrogen) atoms. The molecule has 5 nitrogen and oxygen atoms in total. The molecular weight excluding hydrogens is 240 g/mol. The van der Waals surface area contributed by atoms with Gasteiger partial charge in [0.2, 0.25) is 5.95 Å². The van der Waals surface area contributed by atoms with Crippen LogP contribution in [0.25, 0.3) is 0 Å². The molecule has 0 atom stereocenters. The molecule has 0 spiro atoms. The maximum atomic E-state index is 5.38. The number of ether oxygens (including phenoxy) is 1. The fourth-order valence-corrected chi connectivity index (χ4v) is 2.43. The zero-order valence-corrected chi connectivity index (χ0v) is 12.1. The van der Waals surface area contributed by atoms with Crippen molar-refractivity contribution in [2.75, 3.05) is 32.1 Å². The molecule has 0 aromatic carbocycles. The highest BCUT2D eigenvalue weighted by molar-refractivity contribution is 5.29. The van der Waals surface area contributed by atoms with Crippen LogP contribution in [0.3, 0.4) is 0 Å². The highest BCUT2D eigenvalue weighted by Crippen LogP contribution is 2.26. The van der Waals surface area contributed by atoms with Gasteiger partial charge in [0.05, 0.1) is 0 Å². The average Bonchev–Trinajstić information content (AvgIpc) is 2.40. The summed E-state index contributed by atoms with van der Waals surface area (Å²) in [7, 11) is 1.94. The SMILES string of the molecule is CNCC(C)(C)Nc1ncc(C2CCOCC2)cn1. The van der Waals surface area contributed by atoms with Gasteiger partial charge in [-0.2, -0.15) is 0 Å². The summed E-state index contributed by atoms with van der Waals surface area (Å²) in [6.07, 6.45) is 6.03. The molecule has 2 rings (SSSR count). The normalized spacial score (nSPS) is 17.4. The summed E-state index contributed by atoms with van der Waals surface area (Å²) in [5.74, 6) is 1.24. The molecule has 0 radical (unpaired) electrons. The minimum atomic E-state index is -0.0606. The van der Waals surface area contributed by atoms with Gasteiger partial charge in [-0.3, -0.25) is 0 Å². The average molecular weight is 264 g/mol. The van der Waals surface area contributed by atoms with Crippen LogP contribution in [-0.2, 0) is 4.74 Å². The van der Waals surface area contributed by atoms with Crippen molar-refractivity contribution in [3.63, 3.8) is 0 Å². The quantitative estimate of drug-likeness (QED) is 0.849. The molecule has 1 aromatic rings. The first-order valence-corrected chi connectivity index (χ1v) is 6.93. The van der Waals surface area contributed by atoms with E-state index < -0.39 is 0 Å². The summed E-state index contributed by atoms with van der Waals surface area (Å²) in [6, 6.07) is 0. The van der Waals surface area contributed by atoms with Gasteiger partial charge in [0.15, 0.2) is 0 Å². The number of hydrogen-bond acceptors (Lipinski definition) is 5. The molecule has 0 aliphatic carbocycles. The largest absolute Gasteiger partial charge is 0.381 e. The van der Waals surface area contributed by atoms with Crippen LogP contribution in [0.5, 0.6) is 0 Å². The van der Waals surface area contributed by atoms with E-state index >= 15 is 0 Å². The molecule has 5 heteroatoms. The van der Waals surface area contributed by atoms with Crippen LogP contribution in [0.4, 0.5) is 5.95 Å². The first-order chi connectivity index (χ1) is 9.11. The number of likely N-dealkylation sites (N-methyl/N-ethyl adjacent to an activating group) is 1. The van der Waals surface area contributed by atoms with E-state index in [1.54, 1.807) is 0 Å². The molecule has 1 saturated heterocycles. The van der Waals surface area contributed by atoms with E-state index in [1.807, 2.05) is 19.4 Å². The predicted octanol–water partition coefficient (Wildman–Crippen LogP) is 1.78. The molecule has 1 aliphatic rings. The lowest BCUT2D eigenvalue weighted by molar-refractivity contribution is 0.0852. The van der Waals surface area contributed by atoms with Crippen LogP contribution in [0.1, 0.15) is 38.2 Å². The van der Waals surface area contributed by atoms with Gasteiger partial charge in [-0.25, -0.2) is 9.97 Å². The Morgan fingerprint density at radius 2 is 1.89 bits per heavy atom. The van der Waals surface area contributed by atoms with Crippen molar-refractivity contribution in [2.45, 2.75) is 38.1 Å². The standard InChI is InChI=1S/C14H24N4O/c1-14(2,10-15-3)18-13-16-8-12(9-17-13)11-4-6-19-7-5-11/h8-9,11,15H,4-7,10H2,1-3H3,(H,16,17,18). The highest BCUT2D eigenvalue weighted by atomic mass is 16.5. The van der Waals surface area contributed by atoms with Gasteiger partial charge >= 0.3 is 0 Å². The van der Waals surface area contributed by atoms with Crippen molar-refractivity contribution in [3.8, 4) is 0 Å². The number of rotatable bonds is 5. The Morgan fingerprint density at radius 1 is 1.26 bits per heavy atom. The zero-order valence-electron chi connectivity index (χ0n) is 12.1. The van der Waals surface area contributed by atoms with Crippen molar-refractivity contribution in [1.29, 1.82) is 0 Å². The number of hydrogen-bond donors (Lipinski definition) is 2. The Hall–Kier alpha value is -1.20. The molecule has 0 saturated carbocycles. The van der Waals surface area contributed by atoms with E-state index in [1.165, 1.54) is 5.56 Å². The minimum Gasteiger partial charge on any atom is -0.381 e. The van der Waals surface area contributed by atoms with Gasteiger partial charge in [-0.1, -0.05) is 0 Å². The molecule has 106 valence electrons.